The number of ether oxygens (including phenoxy) is 2. The molecule has 6 heteroatoms. The van der Waals surface area contributed by atoms with E-state index in [0.29, 0.717) is 19.3 Å². The fourth-order valence-electron chi connectivity index (χ4n) is 6.43. The first-order valence-electron chi connectivity index (χ1n) is 18.2. The van der Waals surface area contributed by atoms with Gasteiger partial charge in [0.15, 0.2) is 0 Å². The van der Waals surface area contributed by atoms with Gasteiger partial charge in [-0.15, -0.1) is 0 Å². The molecule has 0 aromatic heterocycles. The van der Waals surface area contributed by atoms with Gasteiger partial charge in [0.25, 0.3) is 0 Å². The van der Waals surface area contributed by atoms with Crippen molar-refractivity contribution in [2.45, 2.75) is 205 Å². The van der Waals surface area contributed by atoms with Gasteiger partial charge in [0.05, 0.1) is 30.5 Å². The van der Waals surface area contributed by atoms with Gasteiger partial charge in [-0.2, -0.15) is 0 Å². The van der Waals surface area contributed by atoms with Crippen LogP contribution in [0.1, 0.15) is 168 Å². The average molecular weight is 607 g/mol. The summed E-state index contributed by atoms with van der Waals surface area (Å²) in [6.45, 7) is 4.16. The minimum atomic E-state index is -0.804. The van der Waals surface area contributed by atoms with Crippen LogP contribution in [0, 0.1) is 0 Å². The quantitative estimate of drug-likeness (QED) is 0.0492. The fraction of sp³-hybridized carbons (Fsp3) is 0.865. The molecule has 2 heterocycles. The highest BCUT2D eigenvalue weighted by Crippen LogP contribution is 2.28. The van der Waals surface area contributed by atoms with Crippen LogP contribution in [0.3, 0.4) is 0 Å². The second kappa shape index (κ2) is 24.1. The lowest BCUT2D eigenvalue weighted by molar-refractivity contribution is -0.139. The summed E-state index contributed by atoms with van der Waals surface area (Å²) in [6.07, 6.45) is 30.2. The van der Waals surface area contributed by atoms with Crippen LogP contribution in [0.25, 0.3) is 0 Å². The Labute approximate surface area is 263 Å². The monoisotopic (exact) mass is 606 g/mol. The molecule has 0 spiro atoms. The molecule has 2 rings (SSSR count). The summed E-state index contributed by atoms with van der Waals surface area (Å²) in [5.41, 5.74) is 0.834. The molecular formula is C37H66O6. The molecule has 6 nitrogen and oxygen atoms in total. The Hall–Kier alpha value is -1.21. The third-order valence-corrected chi connectivity index (χ3v) is 9.26. The van der Waals surface area contributed by atoms with Crippen LogP contribution in [0.15, 0.2) is 23.8 Å². The summed E-state index contributed by atoms with van der Waals surface area (Å²) >= 11 is 0. The van der Waals surface area contributed by atoms with Gasteiger partial charge in [-0.25, -0.2) is 4.79 Å². The molecule has 0 aromatic rings. The minimum absolute atomic E-state index is 0.0748. The van der Waals surface area contributed by atoms with Crippen molar-refractivity contribution in [3.05, 3.63) is 23.8 Å². The molecule has 0 unspecified atom stereocenters. The summed E-state index contributed by atoms with van der Waals surface area (Å²) in [6, 6.07) is 0. The smallest absolute Gasteiger partial charge is 0.334 e. The summed E-state index contributed by atoms with van der Waals surface area (Å²) in [4.78, 5) is 11.7. The maximum atomic E-state index is 11.7. The number of cyclic esters (lactones) is 1. The third-order valence-electron chi connectivity index (χ3n) is 9.26. The highest BCUT2D eigenvalue weighted by atomic mass is 16.5. The number of esters is 1. The van der Waals surface area contributed by atoms with Gasteiger partial charge >= 0.3 is 5.97 Å². The summed E-state index contributed by atoms with van der Waals surface area (Å²) in [5.74, 6) is -0.147. The van der Waals surface area contributed by atoms with Crippen LogP contribution < -0.4 is 0 Å². The van der Waals surface area contributed by atoms with E-state index in [1.807, 2.05) is 13.0 Å². The van der Waals surface area contributed by atoms with Crippen molar-refractivity contribution in [1.82, 2.24) is 0 Å². The molecule has 0 radical (unpaired) electrons. The Kier molecular flexibility index (Phi) is 21.3. The standard InChI is InChI=1S/C37H66O6/c1-3-4-5-6-7-8-9-10-11-12-13-14-18-21-24-33(38)34(39)26-27-35(40)36-28-25-32(43-36)23-20-17-15-16-19-22-31-29-30(2)42-37(31)41/h14,18,29-30,32-36,38-40H,3-13,15-17,19-28H2,1-2H3/b18-14-/t30-,32-,33+,34+,35-,36-/m0/s1. The molecule has 43 heavy (non-hydrogen) atoms. The van der Waals surface area contributed by atoms with E-state index >= 15 is 0 Å². The highest BCUT2D eigenvalue weighted by molar-refractivity contribution is 5.90. The van der Waals surface area contributed by atoms with Gasteiger partial charge in [-0.05, 0) is 83.6 Å². The summed E-state index contributed by atoms with van der Waals surface area (Å²) < 4.78 is 11.3. The largest absolute Gasteiger partial charge is 0.455 e. The zero-order valence-electron chi connectivity index (χ0n) is 27.7. The predicted molar refractivity (Wildman–Crippen MR) is 176 cm³/mol. The molecule has 0 aromatic carbocycles. The molecule has 0 saturated carbocycles. The number of aliphatic hydroxyl groups is 3. The Bertz CT molecular complexity index is 764. The molecule has 0 aliphatic carbocycles. The van der Waals surface area contributed by atoms with Crippen LogP contribution in [-0.2, 0) is 14.3 Å². The molecule has 0 bridgehead atoms. The van der Waals surface area contributed by atoms with Gasteiger partial charge < -0.3 is 24.8 Å². The Morgan fingerprint density at radius 2 is 1.37 bits per heavy atom. The van der Waals surface area contributed by atoms with Crippen LogP contribution in [0.4, 0.5) is 0 Å². The number of carbonyl (C=O) groups excluding carboxylic acids is 1. The normalized spacial score (nSPS) is 22.7. The fourth-order valence-corrected chi connectivity index (χ4v) is 6.43. The van der Waals surface area contributed by atoms with Crippen molar-refractivity contribution in [3.8, 4) is 0 Å². The SMILES string of the molecule is CCCCCCCCCCCC/C=C\CC[C@@H](O)[C@H](O)CC[C@H](O)[C@@H]1CC[C@H](CCCCCCCC2=C[C@H](C)OC2=O)O1. The second-order valence-electron chi connectivity index (χ2n) is 13.3. The predicted octanol–water partition coefficient (Wildman–Crippen LogP) is 8.65. The molecule has 6 atom stereocenters. The molecule has 1 saturated heterocycles. The molecule has 3 N–H and O–H groups in total. The summed E-state index contributed by atoms with van der Waals surface area (Å²) in [7, 11) is 0. The zero-order chi connectivity index (χ0) is 31.1. The molecule has 0 amide bonds. The van der Waals surface area contributed by atoms with E-state index in [2.05, 4.69) is 19.1 Å². The van der Waals surface area contributed by atoms with Crippen molar-refractivity contribution in [2.24, 2.45) is 0 Å². The van der Waals surface area contributed by atoms with Crippen LogP contribution in [-0.4, -0.2) is 57.9 Å². The maximum absolute atomic E-state index is 11.7. The highest BCUT2D eigenvalue weighted by Gasteiger charge is 2.31. The van der Waals surface area contributed by atoms with Crippen molar-refractivity contribution in [3.63, 3.8) is 0 Å². The van der Waals surface area contributed by atoms with Gasteiger partial charge in [-0.1, -0.05) is 103 Å². The van der Waals surface area contributed by atoms with E-state index in [1.165, 1.54) is 64.2 Å². The Morgan fingerprint density at radius 3 is 2.05 bits per heavy atom. The number of rotatable bonds is 27. The maximum Gasteiger partial charge on any atom is 0.334 e. The van der Waals surface area contributed by atoms with Crippen LogP contribution >= 0.6 is 0 Å². The van der Waals surface area contributed by atoms with Gasteiger partial charge in [0.2, 0.25) is 0 Å². The van der Waals surface area contributed by atoms with E-state index in [-0.39, 0.29) is 24.3 Å². The van der Waals surface area contributed by atoms with E-state index in [0.717, 1.165) is 76.2 Å². The molecule has 1 fully saturated rings. The number of hydrogen-bond acceptors (Lipinski definition) is 6. The first-order chi connectivity index (χ1) is 20.9. The lowest BCUT2D eigenvalue weighted by Crippen LogP contribution is -2.31. The topological polar surface area (TPSA) is 96.2 Å². The second-order valence-corrected chi connectivity index (χ2v) is 13.3. The molecule has 2 aliphatic heterocycles. The lowest BCUT2D eigenvalue weighted by atomic mass is 9.98. The van der Waals surface area contributed by atoms with Crippen molar-refractivity contribution < 1.29 is 29.6 Å². The third kappa shape index (κ3) is 17.8. The first kappa shape index (κ1) is 38.0. The van der Waals surface area contributed by atoms with E-state index < -0.39 is 18.3 Å². The van der Waals surface area contributed by atoms with Crippen molar-refractivity contribution in [1.29, 1.82) is 0 Å². The first-order valence-corrected chi connectivity index (χ1v) is 18.2. The van der Waals surface area contributed by atoms with E-state index in [9.17, 15) is 20.1 Å². The Morgan fingerprint density at radius 1 is 0.767 bits per heavy atom. The minimum Gasteiger partial charge on any atom is -0.455 e. The number of allylic oxidation sites excluding steroid dienone is 2. The van der Waals surface area contributed by atoms with Gasteiger partial charge in [-0.3, -0.25) is 0 Å². The van der Waals surface area contributed by atoms with E-state index in [4.69, 9.17) is 9.47 Å². The van der Waals surface area contributed by atoms with Crippen molar-refractivity contribution in [2.75, 3.05) is 0 Å². The number of aliphatic hydroxyl groups excluding tert-OH is 3. The number of carbonyl (C=O) groups is 1. The van der Waals surface area contributed by atoms with E-state index in [1.54, 1.807) is 0 Å². The average Bonchev–Trinajstić information content (AvgIpc) is 3.60. The van der Waals surface area contributed by atoms with Crippen LogP contribution in [0.2, 0.25) is 0 Å². The van der Waals surface area contributed by atoms with Crippen LogP contribution in [0.5, 0.6) is 0 Å². The molecular weight excluding hydrogens is 540 g/mol. The molecule has 250 valence electrons. The number of hydrogen-bond donors (Lipinski definition) is 3. The summed E-state index contributed by atoms with van der Waals surface area (Å²) in [5, 5.41) is 31.4. The lowest BCUT2D eigenvalue weighted by Gasteiger charge is -2.22. The van der Waals surface area contributed by atoms with Crippen molar-refractivity contribution >= 4 is 5.97 Å². The molecule has 2 aliphatic rings. The number of unbranched alkanes of at least 4 members (excludes halogenated alkanes) is 14. The zero-order valence-corrected chi connectivity index (χ0v) is 27.7. The Balaban J connectivity index is 1.40. The van der Waals surface area contributed by atoms with Gasteiger partial charge in [0, 0.05) is 5.57 Å². The van der Waals surface area contributed by atoms with Gasteiger partial charge in [0.1, 0.15) is 6.10 Å².